The topological polar surface area (TPSA) is 76.4 Å². The molecule has 0 aromatic carbocycles. The highest BCUT2D eigenvalue weighted by molar-refractivity contribution is 5.84. The molecule has 4 aliphatic carbocycles. The van der Waals surface area contributed by atoms with E-state index in [-0.39, 0.29) is 23.3 Å². The Morgan fingerprint density at radius 1 is 1.03 bits per heavy atom. The summed E-state index contributed by atoms with van der Waals surface area (Å²) in [6.07, 6.45) is 7.58. The van der Waals surface area contributed by atoms with Crippen molar-refractivity contribution < 1.29 is 9.59 Å². The average molecular weight is 401 g/mol. The third-order valence-electron chi connectivity index (χ3n) is 7.97. The molecule has 0 aromatic rings. The molecule has 4 bridgehead atoms. The van der Waals surface area contributed by atoms with Crippen molar-refractivity contribution in [3.63, 3.8) is 0 Å². The van der Waals surface area contributed by atoms with Gasteiger partial charge < -0.3 is 10.2 Å². The van der Waals surface area contributed by atoms with E-state index < -0.39 is 0 Å². The van der Waals surface area contributed by atoms with Crippen LogP contribution < -0.4 is 5.32 Å². The number of carbonyl (C=O) groups excluding carboxylic acids is 2. The van der Waals surface area contributed by atoms with Gasteiger partial charge in [0.1, 0.15) is 6.04 Å². The lowest BCUT2D eigenvalue weighted by Gasteiger charge is -2.55. The van der Waals surface area contributed by atoms with E-state index in [1.807, 2.05) is 4.90 Å². The number of carbonyl (C=O) groups is 2. The summed E-state index contributed by atoms with van der Waals surface area (Å²) in [5.74, 6) is 2.90. The van der Waals surface area contributed by atoms with E-state index in [0.717, 1.165) is 50.1 Å². The molecule has 1 unspecified atom stereocenters. The molecule has 1 aliphatic heterocycles. The zero-order valence-electron chi connectivity index (χ0n) is 18.0. The summed E-state index contributed by atoms with van der Waals surface area (Å²) in [7, 11) is 0. The zero-order chi connectivity index (χ0) is 20.6. The van der Waals surface area contributed by atoms with Crippen LogP contribution in [0.4, 0.5) is 0 Å². The van der Waals surface area contributed by atoms with E-state index in [1.54, 1.807) is 0 Å². The highest BCUT2D eigenvalue weighted by atomic mass is 16.2. The van der Waals surface area contributed by atoms with Gasteiger partial charge in [-0.05, 0) is 62.2 Å². The van der Waals surface area contributed by atoms with Crippen molar-refractivity contribution in [1.82, 2.24) is 15.1 Å². The Hall–Kier alpha value is -1.61. The Bertz CT molecular complexity index is 640. The molecule has 6 heteroatoms. The maximum atomic E-state index is 13.0. The van der Waals surface area contributed by atoms with Gasteiger partial charge in [0.2, 0.25) is 11.8 Å². The Kier molecular flexibility index (Phi) is 5.88. The predicted molar refractivity (Wildman–Crippen MR) is 111 cm³/mol. The molecule has 5 fully saturated rings. The van der Waals surface area contributed by atoms with Crippen molar-refractivity contribution >= 4 is 11.8 Å². The Labute approximate surface area is 175 Å². The highest BCUT2D eigenvalue weighted by Gasteiger charge is 2.54. The molecule has 160 valence electrons. The molecule has 6 nitrogen and oxygen atoms in total. The molecule has 1 atom stereocenters. The molecule has 5 aliphatic rings. The second-order valence-corrected chi connectivity index (χ2v) is 10.4. The maximum absolute atomic E-state index is 13.0. The molecule has 2 amide bonds. The molecule has 29 heavy (non-hydrogen) atoms. The van der Waals surface area contributed by atoms with Crippen LogP contribution in [-0.4, -0.2) is 60.4 Å². The van der Waals surface area contributed by atoms with Crippen molar-refractivity contribution in [3.8, 4) is 6.07 Å². The fourth-order valence-corrected chi connectivity index (χ4v) is 6.92. The molecular formula is C23H36N4O2. The summed E-state index contributed by atoms with van der Waals surface area (Å²) in [6.45, 7) is 7.44. The van der Waals surface area contributed by atoms with Crippen LogP contribution in [0.5, 0.6) is 0 Å². The predicted octanol–water partition coefficient (Wildman–Crippen LogP) is 2.40. The van der Waals surface area contributed by atoms with E-state index in [2.05, 4.69) is 30.1 Å². The van der Waals surface area contributed by atoms with Gasteiger partial charge in [-0.3, -0.25) is 14.5 Å². The van der Waals surface area contributed by atoms with Gasteiger partial charge in [-0.1, -0.05) is 13.8 Å². The van der Waals surface area contributed by atoms with Gasteiger partial charge in [-0.25, -0.2) is 0 Å². The number of hydrogen-bond donors (Lipinski definition) is 1. The molecule has 0 spiro atoms. The van der Waals surface area contributed by atoms with Gasteiger partial charge in [0.25, 0.3) is 0 Å². The number of nitrogens with one attached hydrogen (secondary N) is 1. The normalized spacial score (nSPS) is 34.8. The van der Waals surface area contributed by atoms with Crippen LogP contribution >= 0.6 is 0 Å². The van der Waals surface area contributed by atoms with Gasteiger partial charge in [0.05, 0.1) is 6.07 Å². The Morgan fingerprint density at radius 2 is 1.59 bits per heavy atom. The second kappa shape index (κ2) is 8.26. The lowest BCUT2D eigenvalue weighted by atomic mass is 9.49. The van der Waals surface area contributed by atoms with Crippen LogP contribution in [0, 0.1) is 40.4 Å². The van der Waals surface area contributed by atoms with Crippen molar-refractivity contribution in [2.75, 3.05) is 32.7 Å². The van der Waals surface area contributed by atoms with Gasteiger partial charge in [-0.15, -0.1) is 0 Å². The smallest absolute Gasteiger partial charge is 0.226 e. The molecule has 0 radical (unpaired) electrons. The van der Waals surface area contributed by atoms with Gasteiger partial charge in [-0.2, -0.15) is 5.26 Å². The van der Waals surface area contributed by atoms with Crippen LogP contribution in [0.25, 0.3) is 0 Å². The van der Waals surface area contributed by atoms with Crippen LogP contribution in [0.15, 0.2) is 0 Å². The fraction of sp³-hybridized carbons (Fsp3) is 0.870. The Balaban J connectivity index is 1.21. The van der Waals surface area contributed by atoms with Crippen molar-refractivity contribution in [1.29, 1.82) is 5.26 Å². The minimum Gasteiger partial charge on any atom is -0.355 e. The second-order valence-electron chi connectivity index (χ2n) is 10.4. The molecule has 1 N–H and O–H groups in total. The molecule has 1 heterocycles. The molecule has 5 rings (SSSR count). The first kappa shape index (κ1) is 20.7. The van der Waals surface area contributed by atoms with Crippen LogP contribution in [0.1, 0.15) is 58.8 Å². The van der Waals surface area contributed by atoms with Crippen LogP contribution in [0.3, 0.4) is 0 Å². The van der Waals surface area contributed by atoms with Crippen molar-refractivity contribution in [3.05, 3.63) is 0 Å². The van der Waals surface area contributed by atoms with Gasteiger partial charge in [0.15, 0.2) is 0 Å². The van der Waals surface area contributed by atoms with Crippen molar-refractivity contribution in [2.45, 2.75) is 64.8 Å². The number of rotatable bonds is 6. The summed E-state index contributed by atoms with van der Waals surface area (Å²) in [6, 6.07) is 2.31. The maximum Gasteiger partial charge on any atom is 0.226 e. The first-order valence-electron chi connectivity index (χ1n) is 11.6. The first-order chi connectivity index (χ1) is 13.9. The van der Waals surface area contributed by atoms with Crippen LogP contribution in [0.2, 0.25) is 0 Å². The summed E-state index contributed by atoms with van der Waals surface area (Å²) in [5, 5.41) is 12.5. The van der Waals surface area contributed by atoms with E-state index >= 15 is 0 Å². The average Bonchev–Trinajstić information content (AvgIpc) is 2.67. The lowest BCUT2D eigenvalue weighted by molar-refractivity contribution is -0.146. The third kappa shape index (κ3) is 4.17. The van der Waals surface area contributed by atoms with Gasteiger partial charge >= 0.3 is 0 Å². The molecule has 1 saturated heterocycles. The SMILES string of the molecule is CC(C)C(C#N)N1CCN(C(=O)CCNC(=O)C23CC4CC(CC(C4)C2)C3)CC1. The minimum absolute atomic E-state index is 0.0770. The number of amides is 2. The first-order valence-corrected chi connectivity index (χ1v) is 11.6. The summed E-state index contributed by atoms with van der Waals surface area (Å²) >= 11 is 0. The monoisotopic (exact) mass is 400 g/mol. The zero-order valence-corrected chi connectivity index (χ0v) is 18.0. The Morgan fingerprint density at radius 3 is 2.07 bits per heavy atom. The summed E-state index contributed by atoms with van der Waals surface area (Å²) in [5.41, 5.74) is -0.132. The van der Waals surface area contributed by atoms with E-state index in [9.17, 15) is 14.9 Å². The fourth-order valence-electron chi connectivity index (χ4n) is 6.92. The number of nitriles is 1. The van der Waals surface area contributed by atoms with E-state index in [0.29, 0.717) is 32.0 Å². The number of hydrogen-bond acceptors (Lipinski definition) is 4. The third-order valence-corrected chi connectivity index (χ3v) is 7.97. The number of piperazine rings is 1. The standard InChI is InChI=1S/C23H36N4O2/c1-16(2)20(15-24)26-5-7-27(8-6-26)21(28)3-4-25-22(29)23-12-17-9-18(13-23)11-19(10-17)14-23/h16-20H,3-14H2,1-2H3,(H,25,29). The molecule has 4 saturated carbocycles. The largest absolute Gasteiger partial charge is 0.355 e. The quantitative estimate of drug-likeness (QED) is 0.743. The van der Waals surface area contributed by atoms with Crippen LogP contribution in [-0.2, 0) is 9.59 Å². The molecular weight excluding hydrogens is 364 g/mol. The van der Waals surface area contributed by atoms with E-state index in [1.165, 1.54) is 19.3 Å². The summed E-state index contributed by atoms with van der Waals surface area (Å²) < 4.78 is 0. The molecule has 0 aromatic heterocycles. The lowest BCUT2D eigenvalue weighted by Crippen LogP contribution is -2.54. The summed E-state index contributed by atoms with van der Waals surface area (Å²) in [4.78, 5) is 29.7. The highest BCUT2D eigenvalue weighted by Crippen LogP contribution is 2.60. The minimum atomic E-state index is -0.132. The van der Waals surface area contributed by atoms with Gasteiger partial charge in [0, 0.05) is 44.6 Å². The number of nitrogens with zero attached hydrogens (tertiary/aromatic N) is 3. The van der Waals surface area contributed by atoms with E-state index in [4.69, 9.17) is 0 Å². The van der Waals surface area contributed by atoms with Crippen molar-refractivity contribution in [2.24, 2.45) is 29.1 Å².